The molecule has 0 spiro atoms. The highest BCUT2D eigenvalue weighted by Crippen LogP contribution is 2.45. The first kappa shape index (κ1) is 22.9. The third-order valence-corrected chi connectivity index (χ3v) is 9.73. The smallest absolute Gasteiger partial charge is 0.127 e. The summed E-state index contributed by atoms with van der Waals surface area (Å²) < 4.78 is 22.8. The van der Waals surface area contributed by atoms with E-state index in [9.17, 15) is 9.50 Å². The number of hydrogen-bond donors (Lipinski definition) is 1. The molecule has 2 aliphatic rings. The number of hydrogen-bond acceptors (Lipinski definition) is 2. The molecule has 0 amide bonds. The molecule has 1 aliphatic heterocycles. The van der Waals surface area contributed by atoms with Crippen molar-refractivity contribution >= 4 is 57.3 Å². The van der Waals surface area contributed by atoms with Crippen LogP contribution in [0.4, 0.5) is 4.39 Å². The van der Waals surface area contributed by atoms with Crippen molar-refractivity contribution in [3.63, 3.8) is 0 Å². The molecule has 6 heteroatoms. The fourth-order valence-electron chi connectivity index (χ4n) is 3.74. The second-order valence-electron chi connectivity index (χ2n) is 7.50. The van der Waals surface area contributed by atoms with E-state index >= 15 is 0 Å². The van der Waals surface area contributed by atoms with Crippen LogP contribution in [0.1, 0.15) is 37.3 Å². The molecule has 0 saturated heterocycles. The van der Waals surface area contributed by atoms with Gasteiger partial charge in [-0.1, -0.05) is 66.5 Å². The minimum Gasteiger partial charge on any atom is -0.488 e. The van der Waals surface area contributed by atoms with Crippen LogP contribution < -0.4 is 4.74 Å². The zero-order valence-corrected chi connectivity index (χ0v) is 21.5. The van der Waals surface area contributed by atoms with E-state index in [0.29, 0.717) is 16.1 Å². The van der Waals surface area contributed by atoms with Crippen LogP contribution in [0.25, 0.3) is 5.57 Å². The van der Waals surface area contributed by atoms with Gasteiger partial charge < -0.3 is 9.84 Å². The molecule has 1 N–H and O–H groups in total. The summed E-state index contributed by atoms with van der Waals surface area (Å²) in [7, 11) is 0. The van der Waals surface area contributed by atoms with E-state index < -0.39 is 26.8 Å². The van der Waals surface area contributed by atoms with Crippen LogP contribution in [0.15, 0.2) is 68.3 Å². The van der Waals surface area contributed by atoms with Gasteiger partial charge in [0.05, 0.1) is 6.10 Å². The number of allylic oxidation sites excluding steroid dienone is 5. The molecule has 0 radical (unpaired) electrons. The van der Waals surface area contributed by atoms with Crippen molar-refractivity contribution < 1.29 is 14.2 Å². The zero-order valence-electron chi connectivity index (χ0n) is 17.0. The predicted molar refractivity (Wildman–Crippen MR) is 139 cm³/mol. The fraction of sp³-hybridized carbons (Fsp3) is 0.240. The monoisotopic (exact) mass is 614 g/mol. The Morgan fingerprint density at radius 1 is 1.19 bits per heavy atom. The zero-order chi connectivity index (χ0) is 22.0. The molecule has 0 saturated carbocycles. The Hall–Kier alpha value is -1.28. The number of aliphatic hydroxyl groups is 1. The van der Waals surface area contributed by atoms with Gasteiger partial charge in [0, 0.05) is 27.7 Å². The van der Waals surface area contributed by atoms with Gasteiger partial charge in [-0.25, -0.2) is 4.39 Å². The third kappa shape index (κ3) is 5.38. The van der Waals surface area contributed by atoms with Crippen LogP contribution in [-0.2, 0) is 6.61 Å². The molecule has 0 bridgehead atoms. The molecule has 2 nitrogen and oxygen atoms in total. The minimum absolute atomic E-state index is 0.282. The average Bonchev–Trinajstić information content (AvgIpc) is 3.23. The Balaban J connectivity index is 1.68. The molecule has 2 aromatic rings. The van der Waals surface area contributed by atoms with Gasteiger partial charge in [0.1, 0.15) is 18.2 Å². The molecule has 1 unspecified atom stereocenters. The molecule has 162 valence electrons. The lowest BCUT2D eigenvalue weighted by Gasteiger charge is -2.17. The van der Waals surface area contributed by atoms with Crippen molar-refractivity contribution in [3.8, 4) is 5.75 Å². The predicted octanol–water partition coefficient (Wildman–Crippen LogP) is 7.74. The van der Waals surface area contributed by atoms with Crippen LogP contribution in [0.3, 0.4) is 0 Å². The maximum atomic E-state index is 13.4. The van der Waals surface area contributed by atoms with E-state index in [1.165, 1.54) is 26.9 Å². The van der Waals surface area contributed by atoms with Gasteiger partial charge in [0.2, 0.25) is 0 Å². The fourth-order valence-corrected chi connectivity index (χ4v) is 7.20. The molecule has 31 heavy (non-hydrogen) atoms. The van der Waals surface area contributed by atoms with Gasteiger partial charge >= 0.3 is 0 Å². The third-order valence-electron chi connectivity index (χ3n) is 5.28. The molecular weight excluding hydrogens is 594 g/mol. The van der Waals surface area contributed by atoms with Crippen LogP contribution in [0.2, 0.25) is 5.02 Å². The molecule has 0 aromatic heterocycles. The summed E-state index contributed by atoms with van der Waals surface area (Å²) in [4.78, 5) is 0. The normalized spacial score (nSPS) is 17.2. The summed E-state index contributed by atoms with van der Waals surface area (Å²) in [5.74, 6) is 0.495. The van der Waals surface area contributed by atoms with E-state index in [-0.39, 0.29) is 5.82 Å². The average molecular weight is 616 g/mol. The van der Waals surface area contributed by atoms with Gasteiger partial charge in [-0.05, 0) is 73.7 Å². The number of ether oxygens (including phenoxy) is 1. The summed E-state index contributed by atoms with van der Waals surface area (Å²) >= 11 is 9.39. The largest absolute Gasteiger partial charge is 0.488 e. The van der Waals surface area contributed by atoms with E-state index in [4.69, 9.17) is 16.3 Å². The summed E-state index contributed by atoms with van der Waals surface area (Å²) in [6.45, 7) is 2.17. The standard InChI is InChI=1S/C25H22BrClFIO2/c1-15(30)23-6-3-7-24(29-23)20-5-2-4-19(20)21-12-17(27)9-11-25(21)31-14-16-8-10-18(28)13-22(16)26/h3,6-13,15,30H,2,4-5,14H2,1H3. The molecule has 1 heterocycles. The molecule has 1 aliphatic carbocycles. The van der Waals surface area contributed by atoms with Crippen molar-refractivity contribution in [3.05, 3.63) is 90.2 Å². The van der Waals surface area contributed by atoms with Gasteiger partial charge in [0.15, 0.2) is 0 Å². The Morgan fingerprint density at radius 2 is 2.00 bits per heavy atom. The van der Waals surface area contributed by atoms with Crippen molar-refractivity contribution in [1.82, 2.24) is 0 Å². The summed E-state index contributed by atoms with van der Waals surface area (Å²) in [6, 6.07) is 10.3. The second-order valence-corrected chi connectivity index (χ2v) is 11.7. The van der Waals surface area contributed by atoms with Crippen molar-refractivity contribution in [1.29, 1.82) is 0 Å². The number of aliphatic hydroxyl groups excluding tert-OH is 1. The van der Waals surface area contributed by atoms with Gasteiger partial charge in [-0.3, -0.25) is 0 Å². The van der Waals surface area contributed by atoms with Crippen LogP contribution >= 0.6 is 48.3 Å². The van der Waals surface area contributed by atoms with Crippen molar-refractivity contribution in [2.75, 3.05) is 0 Å². The highest BCUT2D eigenvalue weighted by Gasteiger charge is 2.23. The van der Waals surface area contributed by atoms with E-state index in [1.807, 2.05) is 37.3 Å². The molecule has 0 fully saturated rings. The topological polar surface area (TPSA) is 29.5 Å². The maximum Gasteiger partial charge on any atom is 0.127 e. The van der Waals surface area contributed by atoms with E-state index in [1.54, 1.807) is 6.07 Å². The quantitative estimate of drug-likeness (QED) is 0.337. The summed E-state index contributed by atoms with van der Waals surface area (Å²) in [5.41, 5.74) is 4.55. The Bertz CT molecular complexity index is 1130. The highest BCUT2D eigenvalue weighted by atomic mass is 127. The van der Waals surface area contributed by atoms with Crippen molar-refractivity contribution in [2.24, 2.45) is 0 Å². The first-order valence-electron chi connectivity index (χ1n) is 10.1. The second kappa shape index (κ2) is 10.1. The van der Waals surface area contributed by atoms with Crippen LogP contribution in [0.5, 0.6) is 5.75 Å². The first-order valence-corrected chi connectivity index (χ1v) is 13.4. The van der Waals surface area contributed by atoms with Crippen molar-refractivity contribution in [2.45, 2.75) is 38.9 Å². The molecular formula is C25H22BrClFIO2. The van der Waals surface area contributed by atoms with Crippen LogP contribution in [-0.4, -0.2) is 14.7 Å². The summed E-state index contributed by atoms with van der Waals surface area (Å²) in [6.07, 6.45) is 8.97. The van der Waals surface area contributed by atoms with Gasteiger partial charge in [0.25, 0.3) is 0 Å². The Labute approximate surface area is 205 Å². The molecule has 2 aromatic carbocycles. The lowest BCUT2D eigenvalue weighted by Crippen LogP contribution is -2.12. The molecule has 4 rings (SSSR count). The lowest BCUT2D eigenvalue weighted by atomic mass is 10.0. The number of rotatable bonds is 6. The van der Waals surface area contributed by atoms with E-state index in [0.717, 1.165) is 39.6 Å². The highest BCUT2D eigenvalue weighted by molar-refractivity contribution is 14.2. The first-order chi connectivity index (χ1) is 14.9. The van der Waals surface area contributed by atoms with Gasteiger partial charge in [-0.15, -0.1) is 0 Å². The minimum atomic E-state index is -0.405. The molecule has 1 atom stereocenters. The van der Waals surface area contributed by atoms with Gasteiger partial charge in [-0.2, -0.15) is 0 Å². The number of halogens is 4. The Kier molecular flexibility index (Phi) is 7.47. The number of benzene rings is 2. The Morgan fingerprint density at radius 3 is 2.77 bits per heavy atom. The summed E-state index contributed by atoms with van der Waals surface area (Å²) in [5, 5.41) is 10.7. The van der Waals surface area contributed by atoms with E-state index in [2.05, 4.69) is 22.0 Å². The maximum absolute atomic E-state index is 13.4. The SMILES string of the molecule is CC(O)C1=IC(C2=C(c3cc(Cl)ccc3OCc3ccc(F)cc3Br)CCC2)=CC=C1. The van der Waals surface area contributed by atoms with Crippen LogP contribution in [0, 0.1) is 5.82 Å². The lowest BCUT2D eigenvalue weighted by molar-refractivity contribution is 0.266.